The zero-order valence-corrected chi connectivity index (χ0v) is 23.1. The van der Waals surface area contributed by atoms with E-state index in [1.165, 1.54) is 17.2 Å². The van der Waals surface area contributed by atoms with Crippen molar-refractivity contribution in [2.24, 2.45) is 0 Å². The van der Waals surface area contributed by atoms with Crippen molar-refractivity contribution in [1.82, 2.24) is 19.9 Å². The summed E-state index contributed by atoms with van der Waals surface area (Å²) in [6, 6.07) is 13.9. The molecule has 12 heteroatoms. The Hall–Kier alpha value is -2.73. The highest BCUT2D eigenvalue weighted by Gasteiger charge is 2.53. The molecule has 1 atom stereocenters. The van der Waals surface area contributed by atoms with Crippen LogP contribution in [0.25, 0.3) is 11.4 Å². The van der Waals surface area contributed by atoms with Crippen LogP contribution in [0.1, 0.15) is 25.8 Å². The van der Waals surface area contributed by atoms with Crippen LogP contribution < -0.4 is 0 Å². The van der Waals surface area contributed by atoms with Gasteiger partial charge in [0.2, 0.25) is 0 Å². The van der Waals surface area contributed by atoms with Gasteiger partial charge in [-0.15, -0.1) is 11.3 Å². The molecule has 0 bridgehead atoms. The second-order valence-corrected chi connectivity index (χ2v) is 13.1. The van der Waals surface area contributed by atoms with Crippen molar-refractivity contribution in [2.75, 3.05) is 18.8 Å². The lowest BCUT2D eigenvalue weighted by Gasteiger charge is -2.35. The third-order valence-corrected chi connectivity index (χ3v) is 10.6. The maximum atomic E-state index is 16.4. The number of sulfone groups is 1. The van der Waals surface area contributed by atoms with Crippen LogP contribution in [0, 0.1) is 0 Å². The highest BCUT2D eigenvalue weighted by atomic mass is 79.9. The molecule has 7 nitrogen and oxygen atoms in total. The maximum absolute atomic E-state index is 16.4. The third kappa shape index (κ3) is 5.05. The number of halogens is 3. The summed E-state index contributed by atoms with van der Waals surface area (Å²) in [4.78, 5) is 27.7. The molecule has 1 aliphatic rings. The van der Waals surface area contributed by atoms with E-state index in [4.69, 9.17) is 11.6 Å². The van der Waals surface area contributed by atoms with Crippen molar-refractivity contribution in [3.8, 4) is 11.4 Å². The molecule has 1 saturated heterocycles. The molecule has 2 aromatic carbocycles. The first-order valence-corrected chi connectivity index (χ1v) is 14.8. The molecule has 0 radical (unpaired) electrons. The minimum Gasteiger partial charge on any atom is -0.333 e. The van der Waals surface area contributed by atoms with Crippen molar-refractivity contribution in [2.45, 2.75) is 11.4 Å². The van der Waals surface area contributed by atoms with Crippen LogP contribution >= 0.6 is 38.9 Å². The minimum absolute atomic E-state index is 0.122. The summed E-state index contributed by atoms with van der Waals surface area (Å²) >= 11 is 10.4. The van der Waals surface area contributed by atoms with Crippen LogP contribution in [0.2, 0.25) is 5.02 Å². The summed E-state index contributed by atoms with van der Waals surface area (Å²) in [6.45, 7) is -0.771. The van der Waals surface area contributed by atoms with Crippen LogP contribution in [0.5, 0.6) is 0 Å². The van der Waals surface area contributed by atoms with E-state index in [1.54, 1.807) is 30.6 Å². The zero-order valence-electron chi connectivity index (χ0n) is 19.1. The molecule has 0 aliphatic carbocycles. The van der Waals surface area contributed by atoms with Gasteiger partial charge in [0.25, 0.3) is 10.9 Å². The van der Waals surface area contributed by atoms with Gasteiger partial charge in [-0.05, 0) is 45.8 Å². The first-order valence-electron chi connectivity index (χ1n) is 11.1. The van der Waals surface area contributed by atoms with Crippen molar-refractivity contribution in [1.29, 1.82) is 0 Å². The number of nitrogens with zero attached hydrogens (tertiary/aromatic N) is 4. The summed E-state index contributed by atoms with van der Waals surface area (Å²) < 4.78 is 42.8. The van der Waals surface area contributed by atoms with Crippen molar-refractivity contribution in [3.05, 3.63) is 97.6 Å². The van der Waals surface area contributed by atoms with Crippen LogP contribution in [-0.2, 0) is 21.3 Å². The number of carbonyl (C=O) groups excluding carboxylic acids is 1. The molecule has 0 spiro atoms. The molecular formula is C25H19BrClFN4O3S2. The monoisotopic (exact) mass is 620 g/mol. The minimum atomic E-state index is -4.22. The molecule has 37 heavy (non-hydrogen) atoms. The zero-order chi connectivity index (χ0) is 26.2. The Bertz CT molecular complexity index is 1590. The van der Waals surface area contributed by atoms with Crippen molar-refractivity contribution >= 4 is 54.6 Å². The van der Waals surface area contributed by atoms with Gasteiger partial charge in [-0.25, -0.2) is 27.8 Å². The fourth-order valence-electron chi connectivity index (χ4n) is 4.08. The third-order valence-electron chi connectivity index (χ3n) is 6.03. The van der Waals surface area contributed by atoms with E-state index in [0.29, 0.717) is 26.6 Å². The number of rotatable bonds is 5. The summed E-state index contributed by atoms with van der Waals surface area (Å²) in [5, 5.41) is -2.68. The van der Waals surface area contributed by atoms with Gasteiger partial charge in [0, 0.05) is 52.0 Å². The molecule has 0 unspecified atom stereocenters. The second-order valence-electron chi connectivity index (χ2n) is 8.44. The average molecular weight is 622 g/mol. The lowest BCUT2D eigenvalue weighted by molar-refractivity contribution is 0.0666. The molecule has 1 amide bonds. The van der Waals surface area contributed by atoms with Crippen LogP contribution in [0.3, 0.4) is 0 Å². The van der Waals surface area contributed by atoms with E-state index in [-0.39, 0.29) is 17.1 Å². The molecule has 5 rings (SSSR count). The van der Waals surface area contributed by atoms with Gasteiger partial charge < -0.3 is 4.90 Å². The molecule has 1 fully saturated rings. The van der Waals surface area contributed by atoms with Gasteiger partial charge in [0.15, 0.2) is 15.7 Å². The molecule has 0 N–H and O–H groups in total. The number of benzene rings is 2. The number of thiazole rings is 1. The fraction of sp³-hybridized carbons (Fsp3) is 0.200. The van der Waals surface area contributed by atoms with E-state index < -0.39 is 33.0 Å². The molecule has 1 aliphatic heterocycles. The molecule has 2 aromatic heterocycles. The van der Waals surface area contributed by atoms with Crippen molar-refractivity contribution < 1.29 is 17.6 Å². The van der Waals surface area contributed by atoms with Gasteiger partial charge in [0.1, 0.15) is 5.01 Å². The lowest BCUT2D eigenvalue weighted by Crippen LogP contribution is -2.53. The Balaban J connectivity index is 1.42. The normalized spacial score (nSPS) is 19.1. The highest BCUT2D eigenvalue weighted by molar-refractivity contribution is 9.10. The molecule has 190 valence electrons. The number of carbonyl (C=O) groups is 1. The first kappa shape index (κ1) is 25.9. The molecule has 4 aromatic rings. The Morgan fingerprint density at radius 3 is 2.65 bits per heavy atom. The van der Waals surface area contributed by atoms with Gasteiger partial charge >= 0.3 is 0 Å². The van der Waals surface area contributed by atoms with Crippen LogP contribution in [0.15, 0.2) is 71.6 Å². The summed E-state index contributed by atoms with van der Waals surface area (Å²) in [5.74, 6) is -0.454. The van der Waals surface area contributed by atoms with Crippen LogP contribution in [0.4, 0.5) is 4.39 Å². The van der Waals surface area contributed by atoms with Gasteiger partial charge in [-0.3, -0.25) is 4.79 Å². The molecular weight excluding hydrogens is 603 g/mol. The Morgan fingerprint density at radius 2 is 1.89 bits per heavy atom. The van der Waals surface area contributed by atoms with Crippen molar-refractivity contribution in [3.63, 3.8) is 0 Å². The largest absolute Gasteiger partial charge is 0.333 e. The van der Waals surface area contributed by atoms with E-state index in [9.17, 15) is 13.2 Å². The maximum Gasteiger partial charge on any atom is 0.278 e. The number of alkyl halides is 1. The quantitative estimate of drug-likeness (QED) is 0.300. The predicted molar refractivity (Wildman–Crippen MR) is 144 cm³/mol. The number of hydrogen-bond donors (Lipinski definition) is 0. The summed E-state index contributed by atoms with van der Waals surface area (Å²) in [6.07, 6.45) is 5.18. The Kier molecular flexibility index (Phi) is 7.14. The van der Waals surface area contributed by atoms with Gasteiger partial charge in [-0.2, -0.15) is 0 Å². The summed E-state index contributed by atoms with van der Waals surface area (Å²) in [5.41, 5.74) is 1.96. The van der Waals surface area contributed by atoms with Crippen LogP contribution in [-0.4, -0.2) is 53.0 Å². The van der Waals surface area contributed by atoms with E-state index in [2.05, 4.69) is 30.9 Å². The molecule has 0 saturated carbocycles. The lowest BCUT2D eigenvalue weighted by atomic mass is 10.0. The number of amides is 1. The average Bonchev–Trinajstić information content (AvgIpc) is 3.37. The Labute approximate surface area is 230 Å². The molecule has 3 heterocycles. The number of hydrogen-bond acceptors (Lipinski definition) is 7. The van der Waals surface area contributed by atoms with E-state index in [1.807, 2.05) is 24.3 Å². The Morgan fingerprint density at radius 1 is 1.14 bits per heavy atom. The van der Waals surface area contributed by atoms with E-state index >= 15 is 4.39 Å². The highest BCUT2D eigenvalue weighted by Crippen LogP contribution is 2.40. The standard InChI is InChI=1S/C25H19BrClFN4O3S2/c26-20-7-6-17(13-21(20)27)23(33)32-10-11-37(34,35)25(28,15-32)24-31-14-18(36-24)12-16-4-1-2-5-19(16)22-29-8-3-9-30-22/h1-9,13-14H,10-12,15H2/t25-/m1/s1. The number of aromatic nitrogens is 3. The van der Waals surface area contributed by atoms with Gasteiger partial charge in [-0.1, -0.05) is 35.9 Å². The first-order chi connectivity index (χ1) is 17.7. The second kappa shape index (κ2) is 10.2. The predicted octanol–water partition coefficient (Wildman–Crippen LogP) is 5.30. The van der Waals surface area contributed by atoms with Gasteiger partial charge in [0.05, 0.1) is 17.3 Å². The van der Waals surface area contributed by atoms with E-state index in [0.717, 1.165) is 22.5 Å². The fourth-order valence-corrected chi connectivity index (χ4v) is 7.37. The SMILES string of the molecule is O=C(c1ccc(Br)c(Cl)c1)N1CCS(=O)(=O)[C@@](F)(c2ncc(Cc3ccccc3-c3ncccn3)s2)C1. The summed E-state index contributed by atoms with van der Waals surface area (Å²) in [7, 11) is -4.22. The smallest absolute Gasteiger partial charge is 0.278 e. The topological polar surface area (TPSA) is 93.1 Å².